The quantitative estimate of drug-likeness (QED) is 0.743. The van der Waals surface area contributed by atoms with Gasteiger partial charge < -0.3 is 10.2 Å². The van der Waals surface area contributed by atoms with E-state index in [-0.39, 0.29) is 6.61 Å². The van der Waals surface area contributed by atoms with Crippen molar-refractivity contribution in [2.45, 2.75) is 17.1 Å². The standard InChI is InChI=1S/C10H12O3S/c1-7-3-2-4-8(5-7)14-9(6-11)10(12)13/h2-5,9,11H,6H2,1H3,(H,12,13). The van der Waals surface area contributed by atoms with Crippen LogP contribution in [-0.4, -0.2) is 28.0 Å². The fourth-order valence-corrected chi connectivity index (χ4v) is 1.93. The van der Waals surface area contributed by atoms with E-state index in [1.807, 2.05) is 31.2 Å². The average molecular weight is 212 g/mol. The third-order valence-corrected chi connectivity index (χ3v) is 2.87. The lowest BCUT2D eigenvalue weighted by atomic mass is 10.2. The van der Waals surface area contributed by atoms with E-state index in [4.69, 9.17) is 10.2 Å². The first kappa shape index (κ1) is 11.1. The van der Waals surface area contributed by atoms with Crippen LogP contribution in [-0.2, 0) is 4.79 Å². The Balaban J connectivity index is 2.72. The van der Waals surface area contributed by atoms with E-state index in [1.165, 1.54) is 0 Å². The Hall–Kier alpha value is -1.00. The number of aliphatic hydroxyl groups excluding tert-OH is 1. The van der Waals surface area contributed by atoms with E-state index in [0.717, 1.165) is 22.2 Å². The van der Waals surface area contributed by atoms with Crippen LogP contribution in [0.15, 0.2) is 29.2 Å². The number of rotatable bonds is 4. The topological polar surface area (TPSA) is 57.5 Å². The van der Waals surface area contributed by atoms with Crippen molar-refractivity contribution < 1.29 is 15.0 Å². The fourth-order valence-electron chi connectivity index (χ4n) is 1.02. The second-order valence-electron chi connectivity index (χ2n) is 2.94. The van der Waals surface area contributed by atoms with Crippen LogP contribution in [0.2, 0.25) is 0 Å². The molecule has 1 atom stereocenters. The number of aryl methyl sites for hydroxylation is 1. The lowest BCUT2D eigenvalue weighted by molar-refractivity contribution is -0.137. The molecule has 3 nitrogen and oxygen atoms in total. The number of aliphatic carboxylic acids is 1. The molecular weight excluding hydrogens is 200 g/mol. The second kappa shape index (κ2) is 5.02. The van der Waals surface area contributed by atoms with Gasteiger partial charge in [-0.2, -0.15) is 0 Å². The minimum Gasteiger partial charge on any atom is -0.480 e. The molecule has 0 aromatic heterocycles. The van der Waals surface area contributed by atoms with Gasteiger partial charge in [-0.15, -0.1) is 11.8 Å². The summed E-state index contributed by atoms with van der Waals surface area (Å²) in [5.41, 5.74) is 1.08. The minimum atomic E-state index is -0.987. The number of thioether (sulfide) groups is 1. The van der Waals surface area contributed by atoms with Crippen LogP contribution < -0.4 is 0 Å². The van der Waals surface area contributed by atoms with Crippen LogP contribution >= 0.6 is 11.8 Å². The summed E-state index contributed by atoms with van der Waals surface area (Å²) < 4.78 is 0. The molecule has 0 saturated heterocycles. The Morgan fingerprint density at radius 2 is 2.29 bits per heavy atom. The van der Waals surface area contributed by atoms with Gasteiger partial charge in [0.2, 0.25) is 0 Å². The molecular formula is C10H12O3S. The first-order valence-corrected chi connectivity index (χ1v) is 5.08. The molecule has 0 spiro atoms. The van der Waals surface area contributed by atoms with Crippen molar-refractivity contribution in [3.8, 4) is 0 Å². The maximum atomic E-state index is 10.6. The number of aliphatic hydroxyl groups is 1. The number of benzene rings is 1. The summed E-state index contributed by atoms with van der Waals surface area (Å²) in [6.45, 7) is 1.59. The smallest absolute Gasteiger partial charge is 0.319 e. The van der Waals surface area contributed by atoms with E-state index in [1.54, 1.807) is 0 Å². The molecule has 1 aromatic rings. The van der Waals surface area contributed by atoms with Crippen LogP contribution in [0, 0.1) is 6.92 Å². The van der Waals surface area contributed by atoms with Crippen molar-refractivity contribution in [3.63, 3.8) is 0 Å². The fraction of sp³-hybridized carbons (Fsp3) is 0.300. The summed E-state index contributed by atoms with van der Waals surface area (Å²) in [6, 6.07) is 7.55. The summed E-state index contributed by atoms with van der Waals surface area (Å²) in [6.07, 6.45) is 0. The highest BCUT2D eigenvalue weighted by molar-refractivity contribution is 8.00. The van der Waals surface area contributed by atoms with Gasteiger partial charge in [0.05, 0.1) is 6.61 Å². The molecule has 0 aliphatic carbocycles. The van der Waals surface area contributed by atoms with Crippen LogP contribution in [0.1, 0.15) is 5.56 Å². The van der Waals surface area contributed by atoms with Gasteiger partial charge in [0.1, 0.15) is 5.25 Å². The predicted molar refractivity (Wildman–Crippen MR) is 55.5 cm³/mol. The molecule has 0 aliphatic heterocycles. The lowest BCUT2D eigenvalue weighted by Gasteiger charge is -2.08. The second-order valence-corrected chi connectivity index (χ2v) is 4.22. The van der Waals surface area contributed by atoms with Gasteiger partial charge in [-0.1, -0.05) is 17.7 Å². The van der Waals surface area contributed by atoms with Crippen molar-refractivity contribution in [2.24, 2.45) is 0 Å². The van der Waals surface area contributed by atoms with Gasteiger partial charge >= 0.3 is 5.97 Å². The highest BCUT2D eigenvalue weighted by atomic mass is 32.2. The van der Waals surface area contributed by atoms with Gasteiger partial charge in [0.25, 0.3) is 0 Å². The van der Waals surface area contributed by atoms with Gasteiger partial charge in [-0.05, 0) is 19.1 Å². The Morgan fingerprint density at radius 3 is 2.79 bits per heavy atom. The van der Waals surface area contributed by atoms with E-state index < -0.39 is 11.2 Å². The van der Waals surface area contributed by atoms with Crippen LogP contribution in [0.5, 0.6) is 0 Å². The molecule has 0 saturated carbocycles. The van der Waals surface area contributed by atoms with Gasteiger partial charge in [0.15, 0.2) is 0 Å². The molecule has 1 aromatic carbocycles. The summed E-state index contributed by atoms with van der Waals surface area (Å²) in [7, 11) is 0. The molecule has 4 heteroatoms. The lowest BCUT2D eigenvalue weighted by Crippen LogP contribution is -2.20. The SMILES string of the molecule is Cc1cccc(SC(CO)C(=O)O)c1. The van der Waals surface area contributed by atoms with Crippen molar-refractivity contribution in [3.05, 3.63) is 29.8 Å². The average Bonchev–Trinajstić information content (AvgIpc) is 2.14. The summed E-state index contributed by atoms with van der Waals surface area (Å²) in [5, 5.41) is 16.8. The van der Waals surface area contributed by atoms with Crippen LogP contribution in [0.25, 0.3) is 0 Å². The Labute approximate surface area is 86.8 Å². The zero-order valence-electron chi connectivity index (χ0n) is 7.80. The number of carboxylic acids is 1. The third kappa shape index (κ3) is 3.05. The zero-order valence-corrected chi connectivity index (χ0v) is 8.62. The number of hydrogen-bond donors (Lipinski definition) is 2. The Morgan fingerprint density at radius 1 is 1.57 bits per heavy atom. The molecule has 0 fully saturated rings. The van der Waals surface area contributed by atoms with Gasteiger partial charge in [-0.25, -0.2) is 0 Å². The molecule has 14 heavy (non-hydrogen) atoms. The monoisotopic (exact) mass is 212 g/mol. The molecule has 2 N–H and O–H groups in total. The molecule has 0 heterocycles. The summed E-state index contributed by atoms with van der Waals surface area (Å²) in [4.78, 5) is 11.5. The molecule has 0 aliphatic rings. The van der Waals surface area contributed by atoms with Crippen molar-refractivity contribution in [1.82, 2.24) is 0 Å². The first-order valence-electron chi connectivity index (χ1n) is 4.20. The third-order valence-electron chi connectivity index (χ3n) is 1.71. The maximum Gasteiger partial charge on any atom is 0.319 e. The number of carboxylic acid groups (broad SMARTS) is 1. The highest BCUT2D eigenvalue weighted by Crippen LogP contribution is 2.23. The van der Waals surface area contributed by atoms with Gasteiger partial charge in [0, 0.05) is 4.90 Å². The molecule has 1 rings (SSSR count). The number of carbonyl (C=O) groups is 1. The molecule has 0 amide bonds. The Kier molecular flexibility index (Phi) is 3.98. The summed E-state index contributed by atoms with van der Waals surface area (Å²) in [5.74, 6) is -0.987. The summed E-state index contributed by atoms with van der Waals surface area (Å²) >= 11 is 1.16. The van der Waals surface area contributed by atoms with Crippen LogP contribution in [0.3, 0.4) is 0 Å². The Bertz CT molecular complexity index is 325. The molecule has 76 valence electrons. The zero-order chi connectivity index (χ0) is 10.6. The van der Waals surface area contributed by atoms with Crippen molar-refractivity contribution >= 4 is 17.7 Å². The predicted octanol–water partition coefficient (Wildman–Crippen LogP) is 1.53. The van der Waals surface area contributed by atoms with E-state index in [0.29, 0.717) is 0 Å². The minimum absolute atomic E-state index is 0.353. The molecule has 0 radical (unpaired) electrons. The highest BCUT2D eigenvalue weighted by Gasteiger charge is 2.17. The molecule has 1 unspecified atom stereocenters. The van der Waals surface area contributed by atoms with Gasteiger partial charge in [-0.3, -0.25) is 4.79 Å². The van der Waals surface area contributed by atoms with E-state index >= 15 is 0 Å². The number of hydrogen-bond acceptors (Lipinski definition) is 3. The molecule has 0 bridgehead atoms. The maximum absolute atomic E-state index is 10.6. The van der Waals surface area contributed by atoms with Crippen molar-refractivity contribution in [2.75, 3.05) is 6.61 Å². The van der Waals surface area contributed by atoms with E-state index in [9.17, 15) is 4.79 Å². The van der Waals surface area contributed by atoms with E-state index in [2.05, 4.69) is 0 Å². The van der Waals surface area contributed by atoms with Crippen molar-refractivity contribution in [1.29, 1.82) is 0 Å². The largest absolute Gasteiger partial charge is 0.480 e. The first-order chi connectivity index (χ1) is 6.63. The van der Waals surface area contributed by atoms with Crippen LogP contribution in [0.4, 0.5) is 0 Å². The normalized spacial score (nSPS) is 12.4.